The van der Waals surface area contributed by atoms with Crippen molar-refractivity contribution >= 4 is 5.91 Å². The molecule has 0 aliphatic rings. The second kappa shape index (κ2) is 4.97. The maximum atomic E-state index is 12.0. The number of hydrogen-bond donors (Lipinski definition) is 1. The molecule has 0 fully saturated rings. The van der Waals surface area contributed by atoms with E-state index in [-0.39, 0.29) is 11.3 Å². The summed E-state index contributed by atoms with van der Waals surface area (Å²) in [4.78, 5) is 13.8. The van der Waals surface area contributed by atoms with Gasteiger partial charge in [0.05, 0.1) is 5.54 Å². The van der Waals surface area contributed by atoms with Gasteiger partial charge in [0, 0.05) is 13.6 Å². The standard InChI is InChI=1S/C12H26N2O/c1-7-8-12(5,13)10(15)14(6)9-11(2,3)4/h7-9,13H2,1-6H3. The van der Waals surface area contributed by atoms with E-state index in [9.17, 15) is 4.79 Å². The summed E-state index contributed by atoms with van der Waals surface area (Å²) in [7, 11) is 1.83. The van der Waals surface area contributed by atoms with Crippen LogP contribution in [-0.2, 0) is 4.79 Å². The second-order valence-electron chi connectivity index (χ2n) is 5.89. The highest BCUT2D eigenvalue weighted by molar-refractivity contribution is 5.85. The third-order valence-corrected chi connectivity index (χ3v) is 2.32. The maximum Gasteiger partial charge on any atom is 0.242 e. The normalized spacial score (nSPS) is 15.9. The zero-order chi connectivity index (χ0) is 12.3. The monoisotopic (exact) mass is 214 g/mol. The van der Waals surface area contributed by atoms with Crippen LogP contribution >= 0.6 is 0 Å². The van der Waals surface area contributed by atoms with Gasteiger partial charge in [0.15, 0.2) is 0 Å². The smallest absolute Gasteiger partial charge is 0.242 e. The van der Waals surface area contributed by atoms with Gasteiger partial charge in [-0.1, -0.05) is 34.1 Å². The summed E-state index contributed by atoms with van der Waals surface area (Å²) in [5.41, 5.74) is 5.40. The lowest BCUT2D eigenvalue weighted by molar-refractivity contribution is -0.136. The van der Waals surface area contributed by atoms with Crippen molar-refractivity contribution in [2.24, 2.45) is 11.1 Å². The van der Waals surface area contributed by atoms with Crippen LogP contribution < -0.4 is 5.73 Å². The summed E-state index contributed by atoms with van der Waals surface area (Å²) < 4.78 is 0. The molecular weight excluding hydrogens is 188 g/mol. The summed E-state index contributed by atoms with van der Waals surface area (Å²) in [6.45, 7) is 10.9. The lowest BCUT2D eigenvalue weighted by atomic mass is 9.92. The lowest BCUT2D eigenvalue weighted by Crippen LogP contribution is -2.53. The topological polar surface area (TPSA) is 46.3 Å². The molecule has 90 valence electrons. The van der Waals surface area contributed by atoms with E-state index in [1.807, 2.05) is 20.9 Å². The minimum atomic E-state index is -0.714. The van der Waals surface area contributed by atoms with E-state index in [0.717, 1.165) is 19.4 Å². The summed E-state index contributed by atoms with van der Waals surface area (Å²) in [6, 6.07) is 0. The Morgan fingerprint density at radius 1 is 1.27 bits per heavy atom. The molecule has 3 nitrogen and oxygen atoms in total. The van der Waals surface area contributed by atoms with Crippen molar-refractivity contribution in [1.29, 1.82) is 0 Å². The van der Waals surface area contributed by atoms with Gasteiger partial charge in [-0.2, -0.15) is 0 Å². The predicted octanol–water partition coefficient (Wildman–Crippen LogP) is 2.01. The molecule has 3 heteroatoms. The Morgan fingerprint density at radius 3 is 2.07 bits per heavy atom. The second-order valence-corrected chi connectivity index (χ2v) is 5.89. The molecule has 0 saturated heterocycles. The molecule has 0 bridgehead atoms. The number of rotatable bonds is 4. The van der Waals surface area contributed by atoms with Gasteiger partial charge < -0.3 is 10.6 Å². The van der Waals surface area contributed by atoms with E-state index in [4.69, 9.17) is 5.73 Å². The number of likely N-dealkylation sites (N-methyl/N-ethyl adjacent to an activating group) is 1. The number of carbonyl (C=O) groups excluding carboxylic acids is 1. The molecule has 0 rings (SSSR count). The minimum Gasteiger partial charge on any atom is -0.344 e. The summed E-state index contributed by atoms with van der Waals surface area (Å²) in [5, 5.41) is 0. The molecule has 0 saturated carbocycles. The zero-order valence-electron chi connectivity index (χ0n) is 11.1. The van der Waals surface area contributed by atoms with Crippen molar-refractivity contribution in [3.8, 4) is 0 Å². The van der Waals surface area contributed by atoms with Crippen LogP contribution in [0.5, 0.6) is 0 Å². The Kier molecular flexibility index (Phi) is 4.78. The van der Waals surface area contributed by atoms with E-state index < -0.39 is 5.54 Å². The van der Waals surface area contributed by atoms with Crippen LogP contribution in [0.4, 0.5) is 0 Å². The van der Waals surface area contributed by atoms with Gasteiger partial charge >= 0.3 is 0 Å². The van der Waals surface area contributed by atoms with Crippen LogP contribution in [0, 0.1) is 5.41 Å². The maximum absolute atomic E-state index is 12.0. The molecule has 15 heavy (non-hydrogen) atoms. The third kappa shape index (κ3) is 5.17. The van der Waals surface area contributed by atoms with Crippen molar-refractivity contribution in [1.82, 2.24) is 4.90 Å². The summed E-state index contributed by atoms with van der Waals surface area (Å²) in [5.74, 6) is 0.0410. The Balaban J connectivity index is 4.44. The number of amides is 1. The first-order valence-electron chi connectivity index (χ1n) is 5.64. The number of hydrogen-bond acceptors (Lipinski definition) is 2. The first-order chi connectivity index (χ1) is 6.60. The zero-order valence-corrected chi connectivity index (χ0v) is 11.1. The van der Waals surface area contributed by atoms with Gasteiger partial charge in [-0.3, -0.25) is 4.79 Å². The molecule has 1 unspecified atom stereocenters. The van der Waals surface area contributed by atoms with E-state index in [0.29, 0.717) is 0 Å². The Morgan fingerprint density at radius 2 is 1.73 bits per heavy atom. The largest absolute Gasteiger partial charge is 0.344 e. The van der Waals surface area contributed by atoms with Gasteiger partial charge in [-0.15, -0.1) is 0 Å². The van der Waals surface area contributed by atoms with E-state index in [1.54, 1.807) is 4.90 Å². The molecule has 0 aromatic rings. The van der Waals surface area contributed by atoms with Crippen molar-refractivity contribution in [3.05, 3.63) is 0 Å². The van der Waals surface area contributed by atoms with Crippen molar-refractivity contribution in [2.75, 3.05) is 13.6 Å². The van der Waals surface area contributed by atoms with Gasteiger partial charge in [-0.05, 0) is 18.8 Å². The average Bonchev–Trinajstić information content (AvgIpc) is 1.99. The van der Waals surface area contributed by atoms with E-state index in [1.165, 1.54) is 0 Å². The molecule has 0 aliphatic carbocycles. The predicted molar refractivity (Wildman–Crippen MR) is 64.6 cm³/mol. The lowest BCUT2D eigenvalue weighted by Gasteiger charge is -2.33. The molecule has 0 aromatic heterocycles. The van der Waals surface area contributed by atoms with Crippen molar-refractivity contribution < 1.29 is 4.79 Å². The van der Waals surface area contributed by atoms with Crippen molar-refractivity contribution in [3.63, 3.8) is 0 Å². The summed E-state index contributed by atoms with van der Waals surface area (Å²) >= 11 is 0. The first-order valence-corrected chi connectivity index (χ1v) is 5.64. The third-order valence-electron chi connectivity index (χ3n) is 2.32. The van der Waals surface area contributed by atoms with E-state index in [2.05, 4.69) is 20.8 Å². The van der Waals surface area contributed by atoms with Gasteiger partial charge in [0.2, 0.25) is 5.91 Å². The Labute approximate surface area is 94.0 Å². The highest BCUT2D eigenvalue weighted by Crippen LogP contribution is 2.18. The Hall–Kier alpha value is -0.570. The highest BCUT2D eigenvalue weighted by atomic mass is 16.2. The quantitative estimate of drug-likeness (QED) is 0.778. The molecule has 0 heterocycles. The molecule has 0 aromatic carbocycles. The molecule has 0 spiro atoms. The fourth-order valence-corrected chi connectivity index (χ4v) is 1.85. The van der Waals surface area contributed by atoms with Gasteiger partial charge in [-0.25, -0.2) is 0 Å². The molecular formula is C12H26N2O. The van der Waals surface area contributed by atoms with Gasteiger partial charge in [0.1, 0.15) is 0 Å². The fraction of sp³-hybridized carbons (Fsp3) is 0.917. The van der Waals surface area contributed by atoms with Crippen LogP contribution in [-0.4, -0.2) is 29.9 Å². The molecule has 0 aliphatic heterocycles. The van der Waals surface area contributed by atoms with E-state index >= 15 is 0 Å². The number of nitrogens with two attached hydrogens (primary N) is 1. The molecule has 1 amide bonds. The number of nitrogens with zero attached hydrogens (tertiary/aromatic N) is 1. The highest BCUT2D eigenvalue weighted by Gasteiger charge is 2.31. The number of carbonyl (C=O) groups is 1. The van der Waals surface area contributed by atoms with Crippen molar-refractivity contribution in [2.45, 2.75) is 53.0 Å². The summed E-state index contributed by atoms with van der Waals surface area (Å²) in [6.07, 6.45) is 1.67. The van der Waals surface area contributed by atoms with Gasteiger partial charge in [0.25, 0.3) is 0 Å². The van der Waals surface area contributed by atoms with Crippen LogP contribution in [0.1, 0.15) is 47.5 Å². The minimum absolute atomic E-state index is 0.0410. The molecule has 1 atom stereocenters. The van der Waals surface area contributed by atoms with Crippen LogP contribution in [0.25, 0.3) is 0 Å². The van der Waals surface area contributed by atoms with Crippen LogP contribution in [0.3, 0.4) is 0 Å². The Bertz CT molecular complexity index is 216. The fourth-order valence-electron chi connectivity index (χ4n) is 1.85. The first kappa shape index (κ1) is 14.4. The SMILES string of the molecule is CCCC(C)(N)C(=O)N(C)CC(C)(C)C. The van der Waals surface area contributed by atoms with Crippen LogP contribution in [0.15, 0.2) is 0 Å². The molecule has 0 radical (unpaired) electrons. The molecule has 2 N–H and O–H groups in total. The average molecular weight is 214 g/mol. The van der Waals surface area contributed by atoms with Crippen LogP contribution in [0.2, 0.25) is 0 Å².